The third kappa shape index (κ3) is 2.28. The lowest BCUT2D eigenvalue weighted by atomic mass is 10.2. The van der Waals surface area contributed by atoms with Gasteiger partial charge in [-0.2, -0.15) is 0 Å². The van der Waals surface area contributed by atoms with Crippen molar-refractivity contribution in [1.82, 2.24) is 4.37 Å². The molecule has 5 heteroatoms. The summed E-state index contributed by atoms with van der Waals surface area (Å²) in [7, 11) is 1.35. The maximum atomic E-state index is 10.8. The molecular formula is C7H10N2O2S. The molecule has 0 fully saturated rings. The second-order valence-corrected chi connectivity index (χ2v) is 3.17. The van der Waals surface area contributed by atoms with E-state index in [0.29, 0.717) is 0 Å². The van der Waals surface area contributed by atoms with E-state index in [2.05, 4.69) is 9.11 Å². The van der Waals surface area contributed by atoms with Crippen molar-refractivity contribution < 1.29 is 9.53 Å². The summed E-state index contributed by atoms with van der Waals surface area (Å²) in [6.45, 7) is 0. The van der Waals surface area contributed by atoms with Crippen LogP contribution in [0.2, 0.25) is 0 Å². The van der Waals surface area contributed by atoms with Crippen LogP contribution >= 0.6 is 11.5 Å². The fourth-order valence-corrected chi connectivity index (χ4v) is 1.36. The Morgan fingerprint density at radius 3 is 3.17 bits per heavy atom. The van der Waals surface area contributed by atoms with Crippen LogP contribution in [-0.2, 0) is 9.53 Å². The van der Waals surface area contributed by atoms with Gasteiger partial charge in [0.2, 0.25) is 0 Å². The van der Waals surface area contributed by atoms with Crippen LogP contribution in [0.1, 0.15) is 17.3 Å². The van der Waals surface area contributed by atoms with Gasteiger partial charge in [0.25, 0.3) is 0 Å². The maximum absolute atomic E-state index is 10.8. The number of ether oxygens (including phenoxy) is 1. The first-order valence-electron chi connectivity index (χ1n) is 3.47. The first kappa shape index (κ1) is 9.15. The Morgan fingerprint density at radius 1 is 1.92 bits per heavy atom. The molecular weight excluding hydrogens is 176 g/mol. The number of hydrogen-bond acceptors (Lipinski definition) is 5. The number of nitrogens with zero attached hydrogens (tertiary/aromatic N) is 1. The fourth-order valence-electron chi connectivity index (χ4n) is 0.780. The number of hydrogen-bond donors (Lipinski definition) is 1. The summed E-state index contributed by atoms with van der Waals surface area (Å²) in [5, 5.41) is 0. The van der Waals surface area contributed by atoms with Gasteiger partial charge in [0, 0.05) is 11.1 Å². The highest BCUT2D eigenvalue weighted by Crippen LogP contribution is 2.17. The van der Waals surface area contributed by atoms with Gasteiger partial charge in [-0.3, -0.25) is 4.79 Å². The van der Waals surface area contributed by atoms with Crippen molar-refractivity contribution in [2.24, 2.45) is 5.73 Å². The minimum Gasteiger partial charge on any atom is -0.469 e. The maximum Gasteiger partial charge on any atom is 0.307 e. The molecule has 0 aliphatic rings. The molecule has 0 saturated heterocycles. The van der Waals surface area contributed by atoms with E-state index in [1.165, 1.54) is 18.6 Å². The van der Waals surface area contributed by atoms with E-state index in [1.54, 1.807) is 12.3 Å². The molecule has 12 heavy (non-hydrogen) atoms. The Hall–Kier alpha value is -0.940. The van der Waals surface area contributed by atoms with Crippen molar-refractivity contribution in [1.29, 1.82) is 0 Å². The highest BCUT2D eigenvalue weighted by Gasteiger charge is 2.12. The number of aromatic nitrogens is 1. The molecule has 0 bridgehead atoms. The van der Waals surface area contributed by atoms with Crippen LogP contribution in [0.3, 0.4) is 0 Å². The van der Waals surface area contributed by atoms with Gasteiger partial charge in [0.1, 0.15) is 0 Å². The molecule has 0 amide bonds. The van der Waals surface area contributed by atoms with Gasteiger partial charge < -0.3 is 10.5 Å². The van der Waals surface area contributed by atoms with Gasteiger partial charge in [-0.15, -0.1) is 0 Å². The Morgan fingerprint density at radius 2 is 2.67 bits per heavy atom. The van der Waals surface area contributed by atoms with Gasteiger partial charge in [0.15, 0.2) is 0 Å². The highest BCUT2D eigenvalue weighted by atomic mass is 32.1. The second-order valence-electron chi connectivity index (χ2n) is 2.30. The smallest absolute Gasteiger partial charge is 0.307 e. The van der Waals surface area contributed by atoms with E-state index >= 15 is 0 Å². The third-order valence-corrected chi connectivity index (χ3v) is 2.31. The molecule has 0 saturated carbocycles. The zero-order chi connectivity index (χ0) is 8.97. The largest absolute Gasteiger partial charge is 0.469 e. The summed E-state index contributed by atoms with van der Waals surface area (Å²) in [6.07, 6.45) is 1.87. The summed E-state index contributed by atoms with van der Waals surface area (Å²) in [4.78, 5) is 11.7. The van der Waals surface area contributed by atoms with E-state index < -0.39 is 0 Å². The monoisotopic (exact) mass is 186 g/mol. The summed E-state index contributed by atoms with van der Waals surface area (Å²) in [5.41, 5.74) is 5.69. The summed E-state index contributed by atoms with van der Waals surface area (Å²) in [5.74, 6) is -0.295. The van der Waals surface area contributed by atoms with Crippen molar-refractivity contribution in [3.8, 4) is 0 Å². The molecule has 1 aromatic heterocycles. The van der Waals surface area contributed by atoms with Crippen LogP contribution in [0.25, 0.3) is 0 Å². The summed E-state index contributed by atoms with van der Waals surface area (Å²) in [6, 6.07) is 1.52. The zero-order valence-electron chi connectivity index (χ0n) is 6.69. The van der Waals surface area contributed by atoms with Gasteiger partial charge in [0.05, 0.1) is 19.6 Å². The number of carbonyl (C=O) groups is 1. The van der Waals surface area contributed by atoms with Crippen molar-refractivity contribution >= 4 is 17.5 Å². The van der Waals surface area contributed by atoms with Crippen molar-refractivity contribution in [3.05, 3.63) is 17.1 Å². The molecule has 0 aliphatic carbocycles. The molecule has 1 aromatic rings. The van der Waals surface area contributed by atoms with Crippen molar-refractivity contribution in [3.63, 3.8) is 0 Å². The van der Waals surface area contributed by atoms with Gasteiger partial charge in [-0.25, -0.2) is 4.37 Å². The predicted molar refractivity (Wildman–Crippen MR) is 45.7 cm³/mol. The number of esters is 1. The molecule has 0 aliphatic heterocycles. The molecule has 4 nitrogen and oxygen atoms in total. The van der Waals surface area contributed by atoms with E-state index in [0.717, 1.165) is 4.88 Å². The Bertz CT molecular complexity index is 248. The third-order valence-electron chi connectivity index (χ3n) is 1.44. The molecule has 66 valence electrons. The molecule has 0 aromatic carbocycles. The molecule has 2 N–H and O–H groups in total. The Kier molecular flexibility index (Phi) is 3.19. The molecule has 1 heterocycles. The van der Waals surface area contributed by atoms with Gasteiger partial charge in [-0.05, 0) is 17.6 Å². The molecule has 1 atom stereocenters. The SMILES string of the molecule is COC(=O)C[C@@H](N)c1ccns1. The van der Waals surface area contributed by atoms with Crippen molar-refractivity contribution in [2.75, 3.05) is 7.11 Å². The average Bonchev–Trinajstić information content (AvgIpc) is 2.56. The zero-order valence-corrected chi connectivity index (χ0v) is 7.50. The number of nitrogens with two attached hydrogens (primary N) is 1. The summed E-state index contributed by atoms with van der Waals surface area (Å²) >= 11 is 1.30. The average molecular weight is 186 g/mol. The quantitative estimate of drug-likeness (QED) is 0.706. The van der Waals surface area contributed by atoms with Crippen LogP contribution in [0.4, 0.5) is 0 Å². The van der Waals surface area contributed by atoms with E-state index in [9.17, 15) is 4.79 Å². The Balaban J connectivity index is 2.49. The highest BCUT2D eigenvalue weighted by molar-refractivity contribution is 7.05. The van der Waals surface area contributed by atoms with Gasteiger partial charge >= 0.3 is 5.97 Å². The predicted octanol–water partition coefficient (Wildman–Crippen LogP) is 0.706. The van der Waals surface area contributed by atoms with Crippen molar-refractivity contribution in [2.45, 2.75) is 12.5 Å². The first-order valence-corrected chi connectivity index (χ1v) is 4.24. The van der Waals surface area contributed by atoms with Crippen LogP contribution < -0.4 is 5.73 Å². The Labute approximate surface area is 74.5 Å². The molecule has 0 spiro atoms. The standard InChI is InChI=1S/C7H10N2O2S/c1-11-7(10)4-5(8)6-2-3-9-12-6/h2-3,5H,4,8H2,1H3/t5-/m1/s1. The summed E-state index contributed by atoms with van der Waals surface area (Å²) < 4.78 is 8.37. The lowest BCUT2D eigenvalue weighted by molar-refractivity contribution is -0.141. The normalized spacial score (nSPS) is 12.5. The number of rotatable bonds is 3. The van der Waals surface area contributed by atoms with E-state index in [1.807, 2.05) is 0 Å². The van der Waals surface area contributed by atoms with Crippen LogP contribution in [0.5, 0.6) is 0 Å². The second kappa shape index (κ2) is 4.18. The number of carbonyl (C=O) groups excluding carboxylic acids is 1. The minimum atomic E-state index is -0.295. The topological polar surface area (TPSA) is 65.2 Å². The molecule has 1 rings (SSSR count). The lowest BCUT2D eigenvalue weighted by Crippen LogP contribution is -2.14. The van der Waals surface area contributed by atoms with Crippen LogP contribution in [0, 0.1) is 0 Å². The fraction of sp³-hybridized carbons (Fsp3) is 0.429. The molecule has 0 unspecified atom stereocenters. The van der Waals surface area contributed by atoms with Crippen LogP contribution in [-0.4, -0.2) is 17.5 Å². The van der Waals surface area contributed by atoms with Gasteiger partial charge in [-0.1, -0.05) is 0 Å². The number of methoxy groups -OCH3 is 1. The van der Waals surface area contributed by atoms with E-state index in [4.69, 9.17) is 5.73 Å². The lowest BCUT2D eigenvalue weighted by Gasteiger charge is -2.05. The molecule has 0 radical (unpaired) electrons. The van der Waals surface area contributed by atoms with E-state index in [-0.39, 0.29) is 18.4 Å². The minimum absolute atomic E-state index is 0.207. The van der Waals surface area contributed by atoms with Crippen LogP contribution in [0.15, 0.2) is 12.3 Å². The first-order chi connectivity index (χ1) is 5.74.